The summed E-state index contributed by atoms with van der Waals surface area (Å²) in [6, 6.07) is 0. The van der Waals surface area contributed by atoms with Crippen molar-refractivity contribution in [1.29, 1.82) is 0 Å². The predicted molar refractivity (Wildman–Crippen MR) is 24.2 cm³/mol. The first-order valence-electron chi connectivity index (χ1n) is 2.07. The topological polar surface area (TPSA) is 26.0 Å². The highest BCUT2D eigenvalue weighted by molar-refractivity contribution is 4.46. The van der Waals surface area contributed by atoms with Crippen molar-refractivity contribution >= 4 is 0 Å². The normalized spacial score (nSPS) is 14.5. The molecule has 0 heterocycles. The summed E-state index contributed by atoms with van der Waals surface area (Å²) in [6.45, 7) is 1.94. The van der Waals surface area contributed by atoms with Crippen molar-refractivity contribution in [3.63, 3.8) is 0 Å². The molecule has 1 atom stereocenters. The lowest BCUT2D eigenvalue weighted by atomic mass is 10.2. The van der Waals surface area contributed by atoms with Gasteiger partial charge in [0.1, 0.15) is 0 Å². The van der Waals surface area contributed by atoms with E-state index in [0.29, 0.717) is 6.54 Å². The fraction of sp³-hybridized carbons (Fsp3) is 1.00. The van der Waals surface area contributed by atoms with E-state index in [9.17, 15) is 4.39 Å². The number of rotatable bonds is 2. The van der Waals surface area contributed by atoms with Gasteiger partial charge in [0.25, 0.3) is 0 Å². The summed E-state index contributed by atoms with van der Waals surface area (Å²) in [6.07, 6.45) is 0. The molecule has 0 aliphatic heterocycles. The van der Waals surface area contributed by atoms with Crippen molar-refractivity contribution in [2.24, 2.45) is 11.7 Å². The van der Waals surface area contributed by atoms with Crippen LogP contribution in [-0.4, -0.2) is 13.2 Å². The van der Waals surface area contributed by atoms with E-state index in [2.05, 4.69) is 0 Å². The van der Waals surface area contributed by atoms with E-state index in [1.807, 2.05) is 0 Å². The minimum atomic E-state index is -0.295. The first-order chi connectivity index (χ1) is 2.81. The molecule has 0 spiro atoms. The van der Waals surface area contributed by atoms with Gasteiger partial charge < -0.3 is 5.73 Å². The highest BCUT2D eigenvalue weighted by Crippen LogP contribution is 1.88. The van der Waals surface area contributed by atoms with Crippen LogP contribution in [0.1, 0.15) is 6.92 Å². The molecule has 0 rings (SSSR count). The number of nitrogens with two attached hydrogens (primary N) is 1. The summed E-state index contributed by atoms with van der Waals surface area (Å²) >= 11 is 0. The Morgan fingerprint density at radius 1 is 1.83 bits per heavy atom. The molecule has 0 aromatic rings. The molecule has 0 bridgehead atoms. The summed E-state index contributed by atoms with van der Waals surface area (Å²) in [5.41, 5.74) is 5.04. The zero-order valence-electron chi connectivity index (χ0n) is 3.95. The first-order valence-corrected chi connectivity index (χ1v) is 2.07. The van der Waals surface area contributed by atoms with Crippen LogP contribution in [0.2, 0.25) is 0 Å². The van der Waals surface area contributed by atoms with E-state index < -0.39 is 0 Å². The molecule has 2 N–H and O–H groups in total. The third kappa shape index (κ3) is 2.15. The third-order valence-electron chi connectivity index (χ3n) is 0.666. The van der Waals surface area contributed by atoms with E-state index in [1.54, 1.807) is 6.92 Å². The fourth-order valence-electron chi connectivity index (χ4n) is 0.0630. The smallest absolute Gasteiger partial charge is 0.0932 e. The SMILES string of the molecule is C[C@@H](CN)CF. The maximum atomic E-state index is 11.3. The van der Waals surface area contributed by atoms with Gasteiger partial charge in [0.05, 0.1) is 6.67 Å². The molecule has 0 fully saturated rings. The molecule has 0 aliphatic carbocycles. The van der Waals surface area contributed by atoms with Crippen LogP contribution in [0.25, 0.3) is 0 Å². The quantitative estimate of drug-likeness (QED) is 0.527. The summed E-state index contributed by atoms with van der Waals surface area (Å²) in [5, 5.41) is 0. The van der Waals surface area contributed by atoms with Gasteiger partial charge in [-0.15, -0.1) is 0 Å². The Labute approximate surface area is 37.3 Å². The van der Waals surface area contributed by atoms with Crippen LogP contribution in [0.4, 0.5) is 4.39 Å². The molecule has 0 aliphatic rings. The average Bonchev–Trinajstić information content (AvgIpc) is 1.65. The molecule has 38 valence electrons. The van der Waals surface area contributed by atoms with Gasteiger partial charge in [-0.05, 0) is 12.5 Å². The largest absolute Gasteiger partial charge is 0.330 e. The van der Waals surface area contributed by atoms with E-state index >= 15 is 0 Å². The molecular formula is C4H10FN. The van der Waals surface area contributed by atoms with Gasteiger partial charge in [-0.3, -0.25) is 4.39 Å². The molecule has 6 heavy (non-hydrogen) atoms. The Bertz CT molecular complexity index is 26.7. The molecular weight excluding hydrogens is 81.0 g/mol. The average molecular weight is 91.1 g/mol. The van der Waals surface area contributed by atoms with Crippen molar-refractivity contribution in [1.82, 2.24) is 0 Å². The molecule has 0 saturated carbocycles. The van der Waals surface area contributed by atoms with E-state index in [4.69, 9.17) is 5.73 Å². The number of halogens is 1. The predicted octanol–water partition coefficient (Wildman–Crippen LogP) is 0.551. The lowest BCUT2D eigenvalue weighted by Crippen LogP contribution is -2.11. The summed E-state index contributed by atoms with van der Waals surface area (Å²) < 4.78 is 11.3. The van der Waals surface area contributed by atoms with Crippen LogP contribution in [0.15, 0.2) is 0 Å². The zero-order valence-corrected chi connectivity index (χ0v) is 3.95. The van der Waals surface area contributed by atoms with Gasteiger partial charge in [0.2, 0.25) is 0 Å². The Hall–Kier alpha value is -0.110. The van der Waals surface area contributed by atoms with Crippen molar-refractivity contribution in [3.8, 4) is 0 Å². The number of hydrogen-bond donors (Lipinski definition) is 1. The highest BCUT2D eigenvalue weighted by Gasteiger charge is 1.92. The highest BCUT2D eigenvalue weighted by atomic mass is 19.1. The number of hydrogen-bond acceptors (Lipinski definition) is 1. The fourth-order valence-corrected chi connectivity index (χ4v) is 0.0630. The Morgan fingerprint density at radius 2 is 2.33 bits per heavy atom. The lowest BCUT2D eigenvalue weighted by Gasteiger charge is -1.96. The van der Waals surface area contributed by atoms with Gasteiger partial charge in [-0.1, -0.05) is 6.92 Å². The lowest BCUT2D eigenvalue weighted by molar-refractivity contribution is 0.389. The molecule has 0 amide bonds. The number of alkyl halides is 1. The summed E-state index contributed by atoms with van der Waals surface area (Å²) in [5.74, 6) is 0.0463. The van der Waals surface area contributed by atoms with Crippen molar-refractivity contribution < 1.29 is 4.39 Å². The van der Waals surface area contributed by atoms with Crippen LogP contribution in [-0.2, 0) is 0 Å². The molecule has 0 radical (unpaired) electrons. The standard InChI is InChI=1S/C4H10FN/c1-4(2-5)3-6/h4H,2-3,6H2,1H3/t4-/m1/s1. The second-order valence-corrected chi connectivity index (χ2v) is 1.50. The van der Waals surface area contributed by atoms with Gasteiger partial charge in [-0.2, -0.15) is 0 Å². The summed E-state index contributed by atoms with van der Waals surface area (Å²) in [7, 11) is 0. The van der Waals surface area contributed by atoms with Gasteiger partial charge >= 0.3 is 0 Å². The Kier molecular flexibility index (Phi) is 3.04. The Balaban J connectivity index is 2.75. The Morgan fingerprint density at radius 3 is 2.33 bits per heavy atom. The van der Waals surface area contributed by atoms with Crippen LogP contribution < -0.4 is 5.73 Å². The van der Waals surface area contributed by atoms with Crippen LogP contribution in [0.3, 0.4) is 0 Å². The van der Waals surface area contributed by atoms with Gasteiger partial charge in [0.15, 0.2) is 0 Å². The van der Waals surface area contributed by atoms with E-state index in [-0.39, 0.29) is 12.6 Å². The first kappa shape index (κ1) is 5.89. The van der Waals surface area contributed by atoms with E-state index in [1.165, 1.54) is 0 Å². The van der Waals surface area contributed by atoms with E-state index in [0.717, 1.165) is 0 Å². The minimum absolute atomic E-state index is 0.0463. The van der Waals surface area contributed by atoms with Crippen molar-refractivity contribution in [2.75, 3.05) is 13.2 Å². The van der Waals surface area contributed by atoms with Gasteiger partial charge in [0, 0.05) is 0 Å². The maximum Gasteiger partial charge on any atom is 0.0932 e. The van der Waals surface area contributed by atoms with Crippen molar-refractivity contribution in [3.05, 3.63) is 0 Å². The zero-order chi connectivity index (χ0) is 4.99. The van der Waals surface area contributed by atoms with Crippen molar-refractivity contribution in [2.45, 2.75) is 6.92 Å². The van der Waals surface area contributed by atoms with Crippen LogP contribution in [0, 0.1) is 5.92 Å². The molecule has 0 aromatic carbocycles. The second kappa shape index (κ2) is 3.09. The monoisotopic (exact) mass is 91.1 g/mol. The molecule has 0 aromatic heterocycles. The van der Waals surface area contributed by atoms with Crippen LogP contribution >= 0.6 is 0 Å². The van der Waals surface area contributed by atoms with Gasteiger partial charge in [-0.25, -0.2) is 0 Å². The van der Waals surface area contributed by atoms with Crippen LogP contribution in [0.5, 0.6) is 0 Å². The molecule has 1 nitrogen and oxygen atoms in total. The maximum absolute atomic E-state index is 11.3. The minimum Gasteiger partial charge on any atom is -0.330 e. The molecule has 2 heteroatoms. The second-order valence-electron chi connectivity index (χ2n) is 1.50. The molecule has 0 unspecified atom stereocenters. The molecule has 0 saturated heterocycles. The summed E-state index contributed by atoms with van der Waals surface area (Å²) in [4.78, 5) is 0. The third-order valence-corrected chi connectivity index (χ3v) is 0.666.